The summed E-state index contributed by atoms with van der Waals surface area (Å²) in [4.78, 5) is 27.1. The van der Waals surface area contributed by atoms with E-state index in [1.807, 2.05) is 0 Å². The highest BCUT2D eigenvalue weighted by Crippen LogP contribution is 2.12. The van der Waals surface area contributed by atoms with E-state index in [0.717, 1.165) is 0 Å². The molecule has 21 heavy (non-hydrogen) atoms. The van der Waals surface area contributed by atoms with Crippen LogP contribution in [-0.2, 0) is 19.4 Å². The monoisotopic (exact) mass is 376 g/mol. The molecule has 0 spiro atoms. The lowest BCUT2D eigenvalue weighted by atomic mass is 10.2. The zero-order chi connectivity index (χ0) is 15.5. The topological polar surface area (TPSA) is 102 Å². The number of nitrogens with zero attached hydrogens (tertiary/aromatic N) is 1. The highest BCUT2D eigenvalue weighted by molar-refractivity contribution is 9.10. The molecule has 1 aromatic heterocycles. The second-order valence-electron chi connectivity index (χ2n) is 4.64. The first-order chi connectivity index (χ1) is 9.85. The summed E-state index contributed by atoms with van der Waals surface area (Å²) in [7, 11) is -3.06. The van der Waals surface area contributed by atoms with E-state index in [0.29, 0.717) is 10.9 Å². The molecule has 0 saturated carbocycles. The van der Waals surface area contributed by atoms with Gasteiger partial charge in [0.1, 0.15) is 0 Å². The van der Waals surface area contributed by atoms with E-state index in [4.69, 9.17) is 4.74 Å². The Balaban J connectivity index is 1.80. The van der Waals surface area contributed by atoms with E-state index < -0.39 is 34.4 Å². The molecule has 0 bridgehead atoms. The van der Waals surface area contributed by atoms with Crippen LogP contribution in [0.4, 0.5) is 0 Å². The van der Waals surface area contributed by atoms with E-state index in [2.05, 4.69) is 26.2 Å². The van der Waals surface area contributed by atoms with Gasteiger partial charge in [-0.05, 0) is 28.4 Å². The second-order valence-corrected chi connectivity index (χ2v) is 7.78. The first-order valence-electron chi connectivity index (χ1n) is 6.13. The molecule has 0 aromatic carbocycles. The average molecular weight is 377 g/mol. The number of rotatable bonds is 4. The molecule has 1 saturated heterocycles. The molecule has 1 aliphatic rings. The van der Waals surface area contributed by atoms with Crippen LogP contribution in [0.5, 0.6) is 0 Å². The molecule has 2 rings (SSSR count). The first kappa shape index (κ1) is 15.9. The highest BCUT2D eigenvalue weighted by Gasteiger charge is 2.29. The van der Waals surface area contributed by atoms with Gasteiger partial charge in [0.2, 0.25) is 0 Å². The van der Waals surface area contributed by atoms with Crippen LogP contribution in [0.2, 0.25) is 0 Å². The molecular formula is C12H13BrN2O5S. The molecule has 0 unspecified atom stereocenters. The summed E-state index contributed by atoms with van der Waals surface area (Å²) in [6.45, 7) is -0.456. The minimum Gasteiger partial charge on any atom is -0.452 e. The Bertz CT molecular complexity index is 661. The predicted molar refractivity (Wildman–Crippen MR) is 77.4 cm³/mol. The summed E-state index contributed by atoms with van der Waals surface area (Å²) in [6, 6.07) is 1.12. The quantitative estimate of drug-likeness (QED) is 0.758. The molecular weight excluding hydrogens is 364 g/mol. The van der Waals surface area contributed by atoms with Crippen molar-refractivity contribution in [3.63, 3.8) is 0 Å². The van der Waals surface area contributed by atoms with Gasteiger partial charge < -0.3 is 10.1 Å². The molecule has 0 radical (unpaired) electrons. The van der Waals surface area contributed by atoms with Crippen molar-refractivity contribution in [2.45, 2.75) is 12.5 Å². The number of carbonyl (C=O) groups is 2. The van der Waals surface area contributed by atoms with Crippen LogP contribution in [0.1, 0.15) is 16.8 Å². The van der Waals surface area contributed by atoms with Crippen LogP contribution in [-0.4, -0.2) is 49.4 Å². The normalized spacial score (nSPS) is 20.0. The third kappa shape index (κ3) is 4.78. The summed E-state index contributed by atoms with van der Waals surface area (Å²) in [5, 5.41) is 2.53. The molecule has 7 nitrogen and oxygen atoms in total. The van der Waals surface area contributed by atoms with Crippen molar-refractivity contribution in [3.05, 3.63) is 28.5 Å². The van der Waals surface area contributed by atoms with Crippen molar-refractivity contribution in [1.29, 1.82) is 0 Å². The largest absolute Gasteiger partial charge is 0.452 e. The summed E-state index contributed by atoms with van der Waals surface area (Å²) >= 11 is 3.17. The van der Waals surface area contributed by atoms with E-state index in [1.165, 1.54) is 18.5 Å². The maximum Gasteiger partial charge on any atom is 0.340 e. The van der Waals surface area contributed by atoms with Gasteiger partial charge in [0.05, 0.1) is 17.1 Å². The van der Waals surface area contributed by atoms with Crippen LogP contribution in [0, 0.1) is 0 Å². The molecule has 1 N–H and O–H groups in total. The van der Waals surface area contributed by atoms with Crippen molar-refractivity contribution < 1.29 is 22.7 Å². The number of pyridine rings is 1. The fourth-order valence-electron chi connectivity index (χ4n) is 1.92. The van der Waals surface area contributed by atoms with Crippen LogP contribution in [0.3, 0.4) is 0 Å². The van der Waals surface area contributed by atoms with Crippen molar-refractivity contribution >= 4 is 37.6 Å². The van der Waals surface area contributed by atoms with Crippen LogP contribution in [0.15, 0.2) is 22.9 Å². The average Bonchev–Trinajstić information content (AvgIpc) is 2.75. The Hall–Kier alpha value is -1.48. The SMILES string of the molecule is O=C(COC(=O)c1cncc(Br)c1)N[C@@H]1CCS(=O)(=O)C1. The van der Waals surface area contributed by atoms with Crippen LogP contribution in [0.25, 0.3) is 0 Å². The molecule has 114 valence electrons. The smallest absolute Gasteiger partial charge is 0.340 e. The lowest BCUT2D eigenvalue weighted by Crippen LogP contribution is -2.38. The highest BCUT2D eigenvalue weighted by atomic mass is 79.9. The summed E-state index contributed by atoms with van der Waals surface area (Å²) in [5.74, 6) is -1.18. The van der Waals surface area contributed by atoms with E-state index >= 15 is 0 Å². The lowest BCUT2D eigenvalue weighted by molar-refractivity contribution is -0.124. The van der Waals surface area contributed by atoms with Gasteiger partial charge in [0.25, 0.3) is 5.91 Å². The minimum atomic E-state index is -3.06. The summed E-state index contributed by atoms with van der Waals surface area (Å²) in [6.07, 6.45) is 3.23. The summed E-state index contributed by atoms with van der Waals surface area (Å²) < 4.78 is 28.0. The third-order valence-electron chi connectivity index (χ3n) is 2.87. The Kier molecular flexibility index (Phi) is 4.94. The molecule has 0 aliphatic carbocycles. The van der Waals surface area contributed by atoms with Crippen molar-refractivity contribution in [2.75, 3.05) is 18.1 Å². The van der Waals surface area contributed by atoms with Crippen LogP contribution < -0.4 is 5.32 Å². The van der Waals surface area contributed by atoms with Crippen LogP contribution >= 0.6 is 15.9 Å². The molecule has 2 heterocycles. The van der Waals surface area contributed by atoms with Crippen molar-refractivity contribution in [1.82, 2.24) is 10.3 Å². The third-order valence-corrected chi connectivity index (χ3v) is 5.07. The van der Waals surface area contributed by atoms with Gasteiger partial charge >= 0.3 is 5.97 Å². The predicted octanol–water partition coefficient (Wildman–Crippen LogP) is 0.304. The molecule has 1 fully saturated rings. The Labute approximate surface area is 130 Å². The Morgan fingerprint density at radius 1 is 1.43 bits per heavy atom. The van der Waals surface area contributed by atoms with Crippen molar-refractivity contribution in [3.8, 4) is 0 Å². The maximum atomic E-state index is 11.7. The number of hydrogen-bond acceptors (Lipinski definition) is 6. The number of aromatic nitrogens is 1. The lowest BCUT2D eigenvalue weighted by Gasteiger charge is -2.11. The van der Waals surface area contributed by atoms with E-state index in [9.17, 15) is 18.0 Å². The first-order valence-corrected chi connectivity index (χ1v) is 8.74. The molecule has 1 amide bonds. The standard InChI is InChI=1S/C12H13BrN2O5S/c13-9-3-8(4-14-5-9)12(17)20-6-11(16)15-10-1-2-21(18,19)7-10/h3-5,10H,1-2,6-7H2,(H,15,16)/t10-/m1/s1. The van der Waals surface area contributed by atoms with Gasteiger partial charge in [0.15, 0.2) is 16.4 Å². The van der Waals surface area contributed by atoms with Gasteiger partial charge in [-0.25, -0.2) is 13.2 Å². The van der Waals surface area contributed by atoms with E-state index in [-0.39, 0.29) is 17.1 Å². The van der Waals surface area contributed by atoms with Crippen molar-refractivity contribution in [2.24, 2.45) is 0 Å². The maximum absolute atomic E-state index is 11.7. The molecule has 9 heteroatoms. The molecule has 1 atom stereocenters. The number of hydrogen-bond donors (Lipinski definition) is 1. The van der Waals surface area contributed by atoms with Gasteiger partial charge in [-0.3, -0.25) is 9.78 Å². The number of esters is 1. The number of sulfone groups is 1. The second kappa shape index (κ2) is 6.52. The van der Waals surface area contributed by atoms with Gasteiger partial charge in [-0.1, -0.05) is 0 Å². The zero-order valence-electron chi connectivity index (χ0n) is 10.9. The zero-order valence-corrected chi connectivity index (χ0v) is 13.3. The Morgan fingerprint density at radius 3 is 2.81 bits per heavy atom. The fraction of sp³-hybridized carbons (Fsp3) is 0.417. The molecule has 1 aliphatic heterocycles. The van der Waals surface area contributed by atoms with E-state index in [1.54, 1.807) is 0 Å². The van der Waals surface area contributed by atoms with Gasteiger partial charge in [-0.15, -0.1) is 0 Å². The minimum absolute atomic E-state index is 0.0672. The number of ether oxygens (including phenoxy) is 1. The Morgan fingerprint density at radius 2 is 2.19 bits per heavy atom. The number of nitrogens with one attached hydrogen (secondary N) is 1. The van der Waals surface area contributed by atoms with Gasteiger partial charge in [0, 0.05) is 22.9 Å². The number of halogens is 1. The molecule has 1 aromatic rings. The fourth-order valence-corrected chi connectivity index (χ4v) is 3.95. The van der Waals surface area contributed by atoms with Gasteiger partial charge in [-0.2, -0.15) is 0 Å². The summed E-state index contributed by atoms with van der Waals surface area (Å²) in [5.41, 5.74) is 0.223. The number of amides is 1. The number of carbonyl (C=O) groups excluding carboxylic acids is 2.